The normalized spacial score (nSPS) is 13.1. The highest BCUT2D eigenvalue weighted by Gasteiger charge is 2.28. The van der Waals surface area contributed by atoms with E-state index >= 15 is 0 Å². The first-order chi connectivity index (χ1) is 17.4. The molecule has 4 amide bonds. The summed E-state index contributed by atoms with van der Waals surface area (Å²) in [6, 6.07) is 22.4. The van der Waals surface area contributed by atoms with Gasteiger partial charge in [0, 0.05) is 17.4 Å². The lowest BCUT2D eigenvalue weighted by molar-refractivity contribution is -0.125. The molecule has 5 rings (SSSR count). The van der Waals surface area contributed by atoms with Crippen LogP contribution in [0.25, 0.3) is 16.9 Å². The second-order valence-corrected chi connectivity index (χ2v) is 8.78. The van der Waals surface area contributed by atoms with Gasteiger partial charge in [0.1, 0.15) is 5.69 Å². The summed E-state index contributed by atoms with van der Waals surface area (Å²) in [6.07, 6.45) is 1.73. The summed E-state index contributed by atoms with van der Waals surface area (Å²) in [7, 11) is 0. The Hall–Kier alpha value is -4.72. The third kappa shape index (κ3) is 4.61. The SMILES string of the molecule is Cc1ccc(-c2nn(-c3ccccc3)cc2C(=O)Nc2cccc(CN3C(=O)CNC3=O)c2)c(C)c1. The summed E-state index contributed by atoms with van der Waals surface area (Å²) in [4.78, 5) is 38.5. The van der Waals surface area contributed by atoms with Crippen molar-refractivity contribution in [2.75, 3.05) is 11.9 Å². The second kappa shape index (κ2) is 9.50. The number of aryl methyl sites for hydroxylation is 2. The lowest BCUT2D eigenvalue weighted by Gasteiger charge is -2.13. The average molecular weight is 480 g/mol. The van der Waals surface area contributed by atoms with Crippen molar-refractivity contribution in [1.82, 2.24) is 20.0 Å². The van der Waals surface area contributed by atoms with Crippen molar-refractivity contribution in [3.8, 4) is 16.9 Å². The molecule has 0 radical (unpaired) electrons. The number of aromatic nitrogens is 2. The largest absolute Gasteiger partial charge is 0.329 e. The molecule has 1 aliphatic heterocycles. The van der Waals surface area contributed by atoms with Gasteiger partial charge >= 0.3 is 6.03 Å². The van der Waals surface area contributed by atoms with Gasteiger partial charge in [-0.2, -0.15) is 5.10 Å². The second-order valence-electron chi connectivity index (χ2n) is 8.78. The van der Waals surface area contributed by atoms with Crippen LogP contribution in [-0.2, 0) is 11.3 Å². The third-order valence-electron chi connectivity index (χ3n) is 6.08. The van der Waals surface area contributed by atoms with E-state index in [2.05, 4.69) is 16.7 Å². The fourth-order valence-electron chi connectivity index (χ4n) is 4.28. The van der Waals surface area contributed by atoms with Crippen LogP contribution < -0.4 is 10.6 Å². The van der Waals surface area contributed by atoms with Gasteiger partial charge in [-0.25, -0.2) is 9.48 Å². The Balaban J connectivity index is 1.46. The number of para-hydroxylation sites is 1. The number of anilines is 1. The maximum atomic E-state index is 13.5. The predicted molar refractivity (Wildman–Crippen MR) is 137 cm³/mol. The summed E-state index contributed by atoms with van der Waals surface area (Å²) in [5.74, 6) is -0.583. The van der Waals surface area contributed by atoms with Crippen LogP contribution in [0.5, 0.6) is 0 Å². The molecule has 8 heteroatoms. The van der Waals surface area contributed by atoms with Crippen LogP contribution in [-0.4, -0.2) is 39.1 Å². The van der Waals surface area contributed by atoms with Crippen molar-refractivity contribution in [2.45, 2.75) is 20.4 Å². The molecule has 2 heterocycles. The number of benzene rings is 3. The molecular weight excluding hydrogens is 454 g/mol. The number of carbonyl (C=O) groups is 3. The molecule has 0 spiro atoms. The van der Waals surface area contributed by atoms with Gasteiger partial charge in [0.25, 0.3) is 5.91 Å². The van der Waals surface area contributed by atoms with Gasteiger partial charge < -0.3 is 10.6 Å². The van der Waals surface area contributed by atoms with E-state index in [9.17, 15) is 14.4 Å². The zero-order chi connectivity index (χ0) is 25.2. The predicted octanol–water partition coefficient (Wildman–Crippen LogP) is 4.46. The van der Waals surface area contributed by atoms with Crippen molar-refractivity contribution < 1.29 is 14.4 Å². The van der Waals surface area contributed by atoms with E-state index in [1.54, 1.807) is 29.1 Å². The molecule has 1 aromatic heterocycles. The van der Waals surface area contributed by atoms with E-state index in [0.29, 0.717) is 16.9 Å². The minimum absolute atomic E-state index is 0.00185. The number of hydrogen-bond donors (Lipinski definition) is 2. The third-order valence-corrected chi connectivity index (χ3v) is 6.08. The van der Waals surface area contributed by atoms with Crippen molar-refractivity contribution in [2.24, 2.45) is 0 Å². The zero-order valence-electron chi connectivity index (χ0n) is 20.0. The summed E-state index contributed by atoms with van der Waals surface area (Å²) >= 11 is 0. The van der Waals surface area contributed by atoms with E-state index in [0.717, 1.165) is 32.8 Å². The van der Waals surface area contributed by atoms with Gasteiger partial charge in [-0.1, -0.05) is 54.1 Å². The van der Waals surface area contributed by atoms with Crippen molar-refractivity contribution >= 4 is 23.5 Å². The average Bonchev–Trinajstić information content (AvgIpc) is 3.44. The first-order valence-electron chi connectivity index (χ1n) is 11.6. The number of nitrogens with one attached hydrogen (secondary N) is 2. The molecular formula is C28H25N5O3. The molecule has 0 aliphatic carbocycles. The van der Waals surface area contributed by atoms with Crippen LogP contribution in [0.15, 0.2) is 79.0 Å². The highest BCUT2D eigenvalue weighted by molar-refractivity contribution is 6.08. The van der Waals surface area contributed by atoms with E-state index in [4.69, 9.17) is 5.10 Å². The van der Waals surface area contributed by atoms with E-state index < -0.39 is 6.03 Å². The maximum absolute atomic E-state index is 13.5. The van der Waals surface area contributed by atoms with Crippen LogP contribution in [0.1, 0.15) is 27.0 Å². The molecule has 1 fully saturated rings. The molecule has 0 saturated carbocycles. The monoisotopic (exact) mass is 479 g/mol. The van der Waals surface area contributed by atoms with Gasteiger partial charge in [-0.05, 0) is 49.2 Å². The molecule has 1 aliphatic rings. The number of rotatable bonds is 6. The van der Waals surface area contributed by atoms with Crippen LogP contribution in [0.4, 0.5) is 10.5 Å². The van der Waals surface area contributed by atoms with E-state index in [-0.39, 0.29) is 24.9 Å². The van der Waals surface area contributed by atoms with Crippen LogP contribution in [0.2, 0.25) is 0 Å². The fourth-order valence-corrected chi connectivity index (χ4v) is 4.28. The minimum Gasteiger partial charge on any atom is -0.329 e. The van der Waals surface area contributed by atoms with Crippen molar-refractivity contribution in [3.63, 3.8) is 0 Å². The number of imide groups is 1. The van der Waals surface area contributed by atoms with Gasteiger partial charge in [0.15, 0.2) is 0 Å². The lowest BCUT2D eigenvalue weighted by Crippen LogP contribution is -2.30. The molecule has 3 aromatic carbocycles. The van der Waals surface area contributed by atoms with Crippen LogP contribution in [0, 0.1) is 13.8 Å². The molecule has 1 saturated heterocycles. The van der Waals surface area contributed by atoms with E-state index in [1.807, 2.05) is 62.4 Å². The summed E-state index contributed by atoms with van der Waals surface area (Å²) in [5, 5.41) is 10.2. The highest BCUT2D eigenvalue weighted by atomic mass is 16.2. The first-order valence-corrected chi connectivity index (χ1v) is 11.6. The Morgan fingerprint density at radius 3 is 2.53 bits per heavy atom. The Kier molecular flexibility index (Phi) is 6.08. The molecule has 36 heavy (non-hydrogen) atoms. The zero-order valence-corrected chi connectivity index (χ0v) is 20.0. The number of amides is 4. The van der Waals surface area contributed by atoms with Gasteiger partial charge in [0.05, 0.1) is 24.3 Å². The fraction of sp³-hybridized carbons (Fsp3) is 0.143. The van der Waals surface area contributed by atoms with Crippen molar-refractivity contribution in [1.29, 1.82) is 0 Å². The summed E-state index contributed by atoms with van der Waals surface area (Å²) in [5.41, 5.74) is 6.20. The van der Waals surface area contributed by atoms with Gasteiger partial charge in [-0.15, -0.1) is 0 Å². The van der Waals surface area contributed by atoms with Crippen LogP contribution in [0.3, 0.4) is 0 Å². The quantitative estimate of drug-likeness (QED) is 0.399. The smallest absolute Gasteiger partial charge is 0.324 e. The maximum Gasteiger partial charge on any atom is 0.324 e. The van der Waals surface area contributed by atoms with E-state index in [1.165, 1.54) is 0 Å². The number of urea groups is 1. The topological polar surface area (TPSA) is 96.3 Å². The standard InChI is InChI=1S/C28H25N5O3/c1-18-11-12-23(19(2)13-18)26-24(17-33(31-26)22-9-4-3-5-10-22)27(35)30-21-8-6-7-20(14-21)16-32-25(34)15-29-28(32)36/h3-14,17H,15-16H2,1-2H3,(H,29,36)(H,30,35). The Morgan fingerprint density at radius 1 is 1.00 bits per heavy atom. The van der Waals surface area contributed by atoms with Crippen molar-refractivity contribution in [3.05, 3.63) is 101 Å². The Bertz CT molecular complexity index is 1460. The van der Waals surface area contributed by atoms with Gasteiger partial charge in [0.2, 0.25) is 5.91 Å². The highest BCUT2D eigenvalue weighted by Crippen LogP contribution is 2.28. The Morgan fingerprint density at radius 2 is 1.81 bits per heavy atom. The molecule has 180 valence electrons. The Labute approximate surface area is 208 Å². The number of carbonyl (C=O) groups excluding carboxylic acids is 3. The molecule has 0 bridgehead atoms. The summed E-state index contributed by atoms with van der Waals surface area (Å²) in [6.45, 7) is 4.17. The lowest BCUT2D eigenvalue weighted by atomic mass is 10.0. The minimum atomic E-state index is -0.416. The van der Waals surface area contributed by atoms with Gasteiger partial charge in [-0.3, -0.25) is 14.5 Å². The molecule has 2 N–H and O–H groups in total. The molecule has 4 aromatic rings. The van der Waals surface area contributed by atoms with Crippen LogP contribution >= 0.6 is 0 Å². The number of hydrogen-bond acceptors (Lipinski definition) is 4. The molecule has 0 atom stereocenters. The molecule has 8 nitrogen and oxygen atoms in total. The first kappa shape index (κ1) is 23.0. The summed E-state index contributed by atoms with van der Waals surface area (Å²) < 4.78 is 1.71. The number of nitrogens with zero attached hydrogens (tertiary/aromatic N) is 3. The molecule has 0 unspecified atom stereocenters.